The Morgan fingerprint density at radius 2 is 1.81 bits per heavy atom. The lowest BCUT2D eigenvalue weighted by Gasteiger charge is -2.46. The highest BCUT2D eigenvalue weighted by atomic mass is 19.4. The predicted molar refractivity (Wildman–Crippen MR) is 75.9 cm³/mol. The van der Waals surface area contributed by atoms with Gasteiger partial charge in [-0.05, 0) is 37.4 Å². The molecule has 0 aliphatic carbocycles. The minimum Gasteiger partial charge on any atom is -0.305 e. The molecule has 2 bridgehead atoms. The van der Waals surface area contributed by atoms with Crippen LogP contribution in [-0.4, -0.2) is 36.8 Å². The third kappa shape index (κ3) is 3.77. The zero-order chi connectivity index (χ0) is 14.9. The van der Waals surface area contributed by atoms with Gasteiger partial charge in [0.1, 0.15) is 0 Å². The highest BCUT2D eigenvalue weighted by Crippen LogP contribution is 2.33. The molecule has 3 fully saturated rings. The Hall–Kier alpha value is -1.07. The minimum absolute atomic E-state index is 0.181. The highest BCUT2D eigenvalue weighted by Gasteiger charge is 2.38. The SMILES string of the molecule is FC(F)(F)CC(NC1CN2CCC1CC2)c1ccccc1. The van der Waals surface area contributed by atoms with Crippen molar-refractivity contribution in [3.8, 4) is 0 Å². The fourth-order valence-electron chi connectivity index (χ4n) is 3.60. The van der Waals surface area contributed by atoms with Gasteiger partial charge in [0.15, 0.2) is 0 Å². The van der Waals surface area contributed by atoms with E-state index in [2.05, 4.69) is 10.2 Å². The van der Waals surface area contributed by atoms with Gasteiger partial charge in [-0.1, -0.05) is 30.3 Å². The third-order valence-corrected chi connectivity index (χ3v) is 4.71. The molecule has 0 spiro atoms. The first-order valence-electron chi connectivity index (χ1n) is 7.61. The van der Waals surface area contributed by atoms with Gasteiger partial charge in [0.25, 0.3) is 0 Å². The monoisotopic (exact) mass is 298 g/mol. The second kappa shape index (κ2) is 5.97. The van der Waals surface area contributed by atoms with Gasteiger partial charge in [0.05, 0.1) is 6.42 Å². The number of hydrogen-bond donors (Lipinski definition) is 1. The van der Waals surface area contributed by atoms with Crippen molar-refractivity contribution >= 4 is 0 Å². The van der Waals surface area contributed by atoms with Crippen LogP contribution in [0.1, 0.15) is 30.9 Å². The van der Waals surface area contributed by atoms with Gasteiger partial charge in [-0.15, -0.1) is 0 Å². The van der Waals surface area contributed by atoms with E-state index in [1.165, 1.54) is 0 Å². The zero-order valence-corrected chi connectivity index (χ0v) is 11.9. The van der Waals surface area contributed by atoms with Gasteiger partial charge in [0.2, 0.25) is 0 Å². The van der Waals surface area contributed by atoms with E-state index >= 15 is 0 Å². The lowest BCUT2D eigenvalue weighted by atomic mass is 9.83. The Labute approximate surface area is 123 Å². The summed E-state index contributed by atoms with van der Waals surface area (Å²) in [5.74, 6) is 0.523. The summed E-state index contributed by atoms with van der Waals surface area (Å²) in [6.07, 6.45) is -2.75. The minimum atomic E-state index is -4.15. The van der Waals surface area contributed by atoms with Crippen molar-refractivity contribution in [1.29, 1.82) is 0 Å². The van der Waals surface area contributed by atoms with Crippen LogP contribution < -0.4 is 5.32 Å². The number of piperidine rings is 3. The quantitative estimate of drug-likeness (QED) is 0.917. The summed E-state index contributed by atoms with van der Waals surface area (Å²) in [6, 6.07) is 8.54. The first kappa shape index (κ1) is 14.9. The predicted octanol–water partition coefficient (Wildman–Crippen LogP) is 3.36. The number of nitrogens with one attached hydrogen (secondary N) is 1. The van der Waals surface area contributed by atoms with Gasteiger partial charge >= 0.3 is 6.18 Å². The molecule has 0 amide bonds. The molecule has 0 aromatic heterocycles. The molecule has 3 saturated heterocycles. The Morgan fingerprint density at radius 1 is 1.14 bits per heavy atom. The summed E-state index contributed by atoms with van der Waals surface area (Å²) in [5, 5.41) is 3.30. The molecule has 3 aliphatic heterocycles. The average Bonchev–Trinajstić information content (AvgIpc) is 2.47. The van der Waals surface area contributed by atoms with Crippen molar-refractivity contribution in [2.75, 3.05) is 19.6 Å². The molecule has 5 heteroatoms. The molecule has 116 valence electrons. The lowest BCUT2D eigenvalue weighted by Crippen LogP contribution is -2.56. The molecule has 0 saturated carbocycles. The summed E-state index contributed by atoms with van der Waals surface area (Å²) < 4.78 is 38.6. The van der Waals surface area contributed by atoms with Crippen molar-refractivity contribution in [2.45, 2.75) is 37.5 Å². The molecule has 3 aliphatic rings. The van der Waals surface area contributed by atoms with E-state index in [9.17, 15) is 13.2 Å². The van der Waals surface area contributed by atoms with E-state index < -0.39 is 18.6 Å². The van der Waals surface area contributed by atoms with Crippen LogP contribution in [0.15, 0.2) is 30.3 Å². The maximum Gasteiger partial charge on any atom is 0.390 e. The van der Waals surface area contributed by atoms with E-state index in [-0.39, 0.29) is 6.04 Å². The van der Waals surface area contributed by atoms with Crippen molar-refractivity contribution in [1.82, 2.24) is 10.2 Å². The van der Waals surface area contributed by atoms with Gasteiger partial charge < -0.3 is 10.2 Å². The van der Waals surface area contributed by atoms with Crippen molar-refractivity contribution in [3.05, 3.63) is 35.9 Å². The van der Waals surface area contributed by atoms with E-state index in [0.29, 0.717) is 5.92 Å². The van der Waals surface area contributed by atoms with Crippen LogP contribution in [0.25, 0.3) is 0 Å². The highest BCUT2D eigenvalue weighted by molar-refractivity contribution is 5.19. The molecular formula is C16H21F3N2. The first-order chi connectivity index (χ1) is 10.0. The second-order valence-corrected chi connectivity index (χ2v) is 6.19. The van der Waals surface area contributed by atoms with Gasteiger partial charge in [-0.2, -0.15) is 13.2 Å². The Balaban J connectivity index is 1.73. The van der Waals surface area contributed by atoms with Crippen molar-refractivity contribution in [2.24, 2.45) is 5.92 Å². The molecule has 1 aromatic rings. The van der Waals surface area contributed by atoms with Crippen LogP contribution in [0, 0.1) is 5.92 Å². The van der Waals surface area contributed by atoms with Crippen LogP contribution in [-0.2, 0) is 0 Å². The fraction of sp³-hybridized carbons (Fsp3) is 0.625. The number of nitrogens with zero attached hydrogens (tertiary/aromatic N) is 1. The summed E-state index contributed by atoms with van der Waals surface area (Å²) in [4.78, 5) is 2.35. The topological polar surface area (TPSA) is 15.3 Å². The van der Waals surface area contributed by atoms with Crippen LogP contribution in [0.3, 0.4) is 0 Å². The molecule has 3 heterocycles. The molecular weight excluding hydrogens is 277 g/mol. The number of fused-ring (bicyclic) bond motifs is 3. The van der Waals surface area contributed by atoms with E-state index in [1.54, 1.807) is 24.3 Å². The number of halogens is 3. The number of hydrogen-bond acceptors (Lipinski definition) is 2. The third-order valence-electron chi connectivity index (χ3n) is 4.71. The van der Waals surface area contributed by atoms with Gasteiger partial charge in [0, 0.05) is 18.6 Å². The number of benzene rings is 1. The standard InChI is InChI=1S/C16H21F3N2/c17-16(18,19)10-14(12-4-2-1-3-5-12)20-15-11-21-8-6-13(15)7-9-21/h1-5,13-15,20H,6-11H2. The van der Waals surface area contributed by atoms with E-state index in [4.69, 9.17) is 0 Å². The molecule has 21 heavy (non-hydrogen) atoms. The Bertz CT molecular complexity index is 452. The summed E-state index contributed by atoms with van der Waals surface area (Å²) >= 11 is 0. The second-order valence-electron chi connectivity index (χ2n) is 6.19. The molecule has 1 aromatic carbocycles. The first-order valence-corrected chi connectivity index (χ1v) is 7.61. The molecule has 2 nitrogen and oxygen atoms in total. The molecule has 0 radical (unpaired) electrons. The van der Waals surface area contributed by atoms with Gasteiger partial charge in [-0.25, -0.2) is 0 Å². The molecule has 2 atom stereocenters. The maximum absolute atomic E-state index is 12.9. The molecule has 4 rings (SSSR count). The fourth-order valence-corrected chi connectivity index (χ4v) is 3.60. The summed E-state index contributed by atoms with van der Waals surface area (Å²) in [7, 11) is 0. The zero-order valence-electron chi connectivity index (χ0n) is 11.9. The van der Waals surface area contributed by atoms with Crippen LogP contribution in [0.2, 0.25) is 0 Å². The Kier molecular flexibility index (Phi) is 4.22. The summed E-state index contributed by atoms with van der Waals surface area (Å²) in [5.41, 5.74) is 0.728. The summed E-state index contributed by atoms with van der Waals surface area (Å²) in [6.45, 7) is 3.07. The molecule has 1 N–H and O–H groups in total. The van der Waals surface area contributed by atoms with Gasteiger partial charge in [-0.3, -0.25) is 0 Å². The van der Waals surface area contributed by atoms with Crippen molar-refractivity contribution < 1.29 is 13.2 Å². The number of alkyl halides is 3. The lowest BCUT2D eigenvalue weighted by molar-refractivity contribution is -0.141. The van der Waals surface area contributed by atoms with Crippen molar-refractivity contribution in [3.63, 3.8) is 0 Å². The van der Waals surface area contributed by atoms with E-state index in [1.807, 2.05) is 6.07 Å². The smallest absolute Gasteiger partial charge is 0.305 e. The Morgan fingerprint density at radius 3 is 2.33 bits per heavy atom. The van der Waals surface area contributed by atoms with Crippen LogP contribution in [0.5, 0.6) is 0 Å². The maximum atomic E-state index is 12.9. The average molecular weight is 298 g/mol. The van der Waals surface area contributed by atoms with Crippen LogP contribution >= 0.6 is 0 Å². The van der Waals surface area contributed by atoms with Crippen LogP contribution in [0.4, 0.5) is 13.2 Å². The number of rotatable bonds is 4. The molecule has 2 unspecified atom stereocenters. The van der Waals surface area contributed by atoms with E-state index in [0.717, 1.165) is 38.0 Å². The normalized spacial score (nSPS) is 30.3. The largest absolute Gasteiger partial charge is 0.390 e.